The second-order valence-electron chi connectivity index (χ2n) is 10.6. The number of amides is 2. The molecule has 5 rings (SSSR count). The highest BCUT2D eigenvalue weighted by Gasteiger charge is 2.74. The maximum absolute atomic E-state index is 14.2. The molecule has 198 valence electrons. The lowest BCUT2D eigenvalue weighted by Gasteiger charge is -2.37. The molecular weight excluding hydrogens is 472 g/mol. The Balaban J connectivity index is 1.55. The van der Waals surface area contributed by atoms with Crippen LogP contribution in [-0.4, -0.2) is 76.2 Å². The van der Waals surface area contributed by atoms with Crippen LogP contribution in [0.4, 0.5) is 0 Å². The number of esters is 1. The molecule has 1 unspecified atom stereocenters. The summed E-state index contributed by atoms with van der Waals surface area (Å²) in [4.78, 5) is 45.1. The first kappa shape index (κ1) is 25.7. The van der Waals surface area contributed by atoms with Crippen LogP contribution in [0.5, 0.6) is 0 Å². The standard InChI is InChI=1S/C29H36N2O6/c1-28-14-7-3-10-19-36-27(35)23(28)22-25(33)31(17-8-4-9-18-32)24-26(34)30(16-11-15-29(22,24)37-28)20-21-12-5-2-6-13-21/h2,5-7,11-15,22-24,32H,3-4,8-10,16-20H2,1H3/b14-7-/t22-,23+,24?,28-,29-/m0/s1. The van der Waals surface area contributed by atoms with E-state index >= 15 is 0 Å². The van der Waals surface area contributed by atoms with E-state index in [1.54, 1.807) is 9.80 Å². The van der Waals surface area contributed by atoms with Crippen LogP contribution in [0.2, 0.25) is 0 Å². The molecule has 1 aromatic carbocycles. The third-order valence-corrected chi connectivity index (χ3v) is 8.11. The Hall–Kier alpha value is -2.97. The highest BCUT2D eigenvalue weighted by molar-refractivity contribution is 5.99. The number of hydrogen-bond donors (Lipinski definition) is 1. The third kappa shape index (κ3) is 4.50. The highest BCUT2D eigenvalue weighted by atomic mass is 16.6. The quantitative estimate of drug-likeness (QED) is 0.346. The first-order valence-electron chi connectivity index (χ1n) is 13.4. The van der Waals surface area contributed by atoms with E-state index in [4.69, 9.17) is 9.47 Å². The minimum absolute atomic E-state index is 0.0815. The predicted molar refractivity (Wildman–Crippen MR) is 136 cm³/mol. The molecule has 8 heteroatoms. The van der Waals surface area contributed by atoms with E-state index in [2.05, 4.69) is 0 Å². The number of nitrogens with zero attached hydrogens (tertiary/aromatic N) is 2. The molecule has 0 aliphatic carbocycles. The van der Waals surface area contributed by atoms with Gasteiger partial charge in [-0.1, -0.05) is 54.6 Å². The van der Waals surface area contributed by atoms with Gasteiger partial charge in [0.15, 0.2) is 0 Å². The van der Waals surface area contributed by atoms with Crippen molar-refractivity contribution in [2.75, 3.05) is 26.3 Å². The molecule has 4 heterocycles. The number of aliphatic hydroxyl groups is 1. The number of aliphatic hydroxyl groups excluding tert-OH is 1. The van der Waals surface area contributed by atoms with Gasteiger partial charge in [-0.2, -0.15) is 0 Å². The molecule has 0 radical (unpaired) electrons. The molecule has 8 nitrogen and oxygen atoms in total. The van der Waals surface area contributed by atoms with Crippen molar-refractivity contribution in [3.63, 3.8) is 0 Å². The molecule has 0 saturated carbocycles. The van der Waals surface area contributed by atoms with Crippen molar-refractivity contribution in [1.82, 2.24) is 9.80 Å². The number of fused-ring (bicyclic) bond motifs is 2. The molecule has 2 saturated heterocycles. The second-order valence-corrected chi connectivity index (χ2v) is 10.6. The lowest BCUT2D eigenvalue weighted by Crippen LogP contribution is -2.55. The highest BCUT2D eigenvalue weighted by Crippen LogP contribution is 2.57. The number of allylic oxidation sites excluding steroid dienone is 1. The van der Waals surface area contributed by atoms with Crippen LogP contribution >= 0.6 is 0 Å². The van der Waals surface area contributed by atoms with Crippen LogP contribution in [0.25, 0.3) is 0 Å². The number of carbonyl (C=O) groups excluding carboxylic acids is 3. The first-order chi connectivity index (χ1) is 17.9. The number of ether oxygens (including phenoxy) is 2. The third-order valence-electron chi connectivity index (χ3n) is 8.11. The van der Waals surface area contributed by atoms with Crippen LogP contribution < -0.4 is 0 Å². The van der Waals surface area contributed by atoms with Crippen molar-refractivity contribution in [3.05, 3.63) is 60.2 Å². The normalized spacial score (nSPS) is 34.1. The van der Waals surface area contributed by atoms with E-state index in [1.165, 1.54) is 0 Å². The molecular formula is C29H36N2O6. The average molecular weight is 509 g/mol. The van der Waals surface area contributed by atoms with Gasteiger partial charge in [0.05, 0.1) is 18.1 Å². The monoisotopic (exact) mass is 508 g/mol. The van der Waals surface area contributed by atoms with E-state index in [1.807, 2.05) is 61.6 Å². The van der Waals surface area contributed by atoms with Crippen molar-refractivity contribution in [2.45, 2.75) is 62.8 Å². The summed E-state index contributed by atoms with van der Waals surface area (Å²) in [5.74, 6) is -2.58. The molecule has 2 amide bonds. The van der Waals surface area contributed by atoms with Gasteiger partial charge in [0.1, 0.15) is 17.6 Å². The molecule has 1 aromatic rings. The summed E-state index contributed by atoms with van der Waals surface area (Å²) in [5, 5.41) is 9.21. The minimum Gasteiger partial charge on any atom is -0.465 e. The Labute approximate surface area is 217 Å². The fourth-order valence-corrected chi connectivity index (χ4v) is 6.44. The van der Waals surface area contributed by atoms with Gasteiger partial charge in [-0.3, -0.25) is 14.4 Å². The maximum Gasteiger partial charge on any atom is 0.313 e. The Morgan fingerprint density at radius 1 is 1.00 bits per heavy atom. The van der Waals surface area contributed by atoms with Gasteiger partial charge in [-0.25, -0.2) is 0 Å². The Morgan fingerprint density at radius 3 is 2.59 bits per heavy atom. The van der Waals surface area contributed by atoms with Gasteiger partial charge in [0, 0.05) is 26.2 Å². The summed E-state index contributed by atoms with van der Waals surface area (Å²) >= 11 is 0. The summed E-state index contributed by atoms with van der Waals surface area (Å²) < 4.78 is 12.4. The van der Waals surface area contributed by atoms with Crippen molar-refractivity contribution >= 4 is 17.8 Å². The molecule has 5 atom stereocenters. The number of cyclic esters (lactones) is 1. The van der Waals surface area contributed by atoms with Gasteiger partial charge < -0.3 is 24.4 Å². The zero-order valence-electron chi connectivity index (χ0n) is 21.4. The van der Waals surface area contributed by atoms with Crippen LogP contribution in [0.3, 0.4) is 0 Å². The summed E-state index contributed by atoms with van der Waals surface area (Å²) in [5.41, 5.74) is -1.33. The van der Waals surface area contributed by atoms with Gasteiger partial charge in [-0.15, -0.1) is 0 Å². The van der Waals surface area contributed by atoms with Crippen molar-refractivity contribution in [1.29, 1.82) is 0 Å². The zero-order chi connectivity index (χ0) is 26.0. The second kappa shape index (κ2) is 10.4. The van der Waals surface area contributed by atoms with Gasteiger partial charge in [0.25, 0.3) is 0 Å². The van der Waals surface area contributed by atoms with E-state index < -0.39 is 35.0 Å². The van der Waals surface area contributed by atoms with Crippen molar-refractivity contribution in [2.24, 2.45) is 11.8 Å². The minimum atomic E-state index is -1.27. The Morgan fingerprint density at radius 2 is 1.81 bits per heavy atom. The molecule has 0 aromatic heterocycles. The van der Waals surface area contributed by atoms with E-state index in [-0.39, 0.29) is 25.0 Å². The maximum atomic E-state index is 14.2. The van der Waals surface area contributed by atoms with Gasteiger partial charge in [0.2, 0.25) is 11.8 Å². The van der Waals surface area contributed by atoms with Crippen LogP contribution in [-0.2, 0) is 30.4 Å². The molecule has 0 bridgehead atoms. The van der Waals surface area contributed by atoms with Crippen molar-refractivity contribution in [3.8, 4) is 0 Å². The van der Waals surface area contributed by atoms with Gasteiger partial charge >= 0.3 is 5.97 Å². The average Bonchev–Trinajstić information content (AvgIpc) is 3.24. The SMILES string of the molecule is C[C@]12/C=C\CCCOC(=O)[C@H]1[C@H]1C(=O)N(CCCCCO)C3C(=O)N(Cc4ccccc4)CC=C[C@@]31O2. The smallest absolute Gasteiger partial charge is 0.313 e. The van der Waals surface area contributed by atoms with Crippen LogP contribution in [0.15, 0.2) is 54.6 Å². The zero-order valence-corrected chi connectivity index (χ0v) is 21.4. The van der Waals surface area contributed by atoms with Gasteiger partial charge in [-0.05, 0) is 44.6 Å². The molecule has 1 N–H and O–H groups in total. The fraction of sp³-hybridized carbons (Fsp3) is 0.552. The number of carbonyl (C=O) groups is 3. The molecule has 2 fully saturated rings. The fourth-order valence-electron chi connectivity index (χ4n) is 6.44. The summed E-state index contributed by atoms with van der Waals surface area (Å²) in [7, 11) is 0. The largest absolute Gasteiger partial charge is 0.465 e. The number of likely N-dealkylation sites (tertiary alicyclic amines) is 1. The summed E-state index contributed by atoms with van der Waals surface area (Å²) in [6.07, 6.45) is 11.1. The number of rotatable bonds is 7. The van der Waals surface area contributed by atoms with Crippen LogP contribution in [0.1, 0.15) is 44.6 Å². The van der Waals surface area contributed by atoms with E-state index in [0.717, 1.165) is 18.4 Å². The number of hydrogen-bond acceptors (Lipinski definition) is 6. The molecule has 37 heavy (non-hydrogen) atoms. The number of benzene rings is 1. The van der Waals surface area contributed by atoms with E-state index in [9.17, 15) is 19.5 Å². The lowest BCUT2D eigenvalue weighted by molar-refractivity contribution is -0.159. The lowest BCUT2D eigenvalue weighted by atomic mass is 9.74. The van der Waals surface area contributed by atoms with Crippen LogP contribution in [0, 0.1) is 11.8 Å². The Bertz CT molecular complexity index is 1090. The number of unbranched alkanes of at least 4 members (excludes halogenated alkanes) is 2. The predicted octanol–water partition coefficient (Wildman–Crippen LogP) is 2.61. The topological polar surface area (TPSA) is 96.4 Å². The first-order valence-corrected chi connectivity index (χ1v) is 13.4. The molecule has 4 aliphatic rings. The Kier molecular flexibility index (Phi) is 7.23. The summed E-state index contributed by atoms with van der Waals surface area (Å²) in [6, 6.07) is 8.89. The molecule has 1 spiro atoms. The van der Waals surface area contributed by atoms with Crippen molar-refractivity contribution < 1.29 is 29.0 Å². The summed E-state index contributed by atoms with van der Waals surface area (Å²) in [6.45, 7) is 3.36. The molecule has 4 aliphatic heterocycles. The van der Waals surface area contributed by atoms with E-state index in [0.29, 0.717) is 38.9 Å².